The van der Waals surface area contributed by atoms with Gasteiger partial charge in [0.15, 0.2) is 0 Å². The third-order valence-corrected chi connectivity index (χ3v) is 4.24. The van der Waals surface area contributed by atoms with Crippen molar-refractivity contribution in [1.82, 2.24) is 5.32 Å². The highest BCUT2D eigenvalue weighted by atomic mass is 32.1. The highest BCUT2D eigenvalue weighted by molar-refractivity contribution is 7.15. The van der Waals surface area contributed by atoms with Gasteiger partial charge in [0, 0.05) is 6.54 Å². The summed E-state index contributed by atoms with van der Waals surface area (Å²) in [6, 6.07) is 11.3. The van der Waals surface area contributed by atoms with E-state index < -0.39 is 5.97 Å². The summed E-state index contributed by atoms with van der Waals surface area (Å²) in [6.07, 6.45) is 1.77. The molecule has 0 saturated carbocycles. The number of nitrogens with one attached hydrogen (secondary N) is 1. The number of rotatable bonds is 6. The van der Waals surface area contributed by atoms with E-state index in [0.29, 0.717) is 11.4 Å². The monoisotopic (exact) mass is 303 g/mol. The lowest BCUT2D eigenvalue weighted by Gasteiger charge is -2.05. The first-order valence-electron chi connectivity index (χ1n) is 6.79. The topological polar surface area (TPSA) is 66.4 Å². The highest BCUT2D eigenvalue weighted by Crippen LogP contribution is 2.16. The van der Waals surface area contributed by atoms with E-state index in [-0.39, 0.29) is 10.8 Å². The maximum atomic E-state index is 11.9. The Bertz CT molecular complexity index is 631. The number of thiophene rings is 1. The van der Waals surface area contributed by atoms with E-state index in [4.69, 9.17) is 5.11 Å². The summed E-state index contributed by atoms with van der Waals surface area (Å²) in [5.41, 5.74) is 2.47. The van der Waals surface area contributed by atoms with Gasteiger partial charge in [-0.2, -0.15) is 0 Å². The normalized spacial score (nSPS) is 10.3. The maximum Gasteiger partial charge on any atom is 0.345 e. The van der Waals surface area contributed by atoms with E-state index >= 15 is 0 Å². The van der Waals surface area contributed by atoms with Crippen LogP contribution in [0.15, 0.2) is 36.4 Å². The van der Waals surface area contributed by atoms with Gasteiger partial charge in [-0.25, -0.2) is 4.79 Å². The molecule has 0 radical (unpaired) electrons. The molecule has 2 N–H and O–H groups in total. The summed E-state index contributed by atoms with van der Waals surface area (Å²) in [6.45, 7) is 2.65. The summed E-state index contributed by atoms with van der Waals surface area (Å²) in [5.74, 6) is -1.23. The quantitative estimate of drug-likeness (QED) is 0.862. The van der Waals surface area contributed by atoms with E-state index in [0.717, 1.165) is 24.2 Å². The molecule has 1 heterocycles. The fourth-order valence-electron chi connectivity index (χ4n) is 1.92. The molecule has 0 aliphatic carbocycles. The first-order valence-corrected chi connectivity index (χ1v) is 7.61. The Hall–Kier alpha value is -2.14. The third-order valence-electron chi connectivity index (χ3n) is 3.17. The lowest BCUT2D eigenvalue weighted by atomic mass is 10.1. The van der Waals surface area contributed by atoms with Crippen LogP contribution in [0.5, 0.6) is 0 Å². The Morgan fingerprint density at radius 2 is 1.67 bits per heavy atom. The molecular formula is C16H17NO3S. The SMILES string of the molecule is CCc1ccc(CCNC(=O)c2ccc(C(=O)O)s2)cc1. The van der Waals surface area contributed by atoms with Gasteiger partial charge < -0.3 is 10.4 Å². The first kappa shape index (κ1) is 15.3. The molecule has 1 aromatic heterocycles. The second-order valence-electron chi connectivity index (χ2n) is 4.65. The third kappa shape index (κ3) is 4.16. The number of carboxylic acids is 1. The predicted molar refractivity (Wildman–Crippen MR) is 83.1 cm³/mol. The van der Waals surface area contributed by atoms with Crippen molar-refractivity contribution in [2.45, 2.75) is 19.8 Å². The molecule has 1 aromatic carbocycles. The van der Waals surface area contributed by atoms with Crippen LogP contribution in [-0.4, -0.2) is 23.5 Å². The molecule has 21 heavy (non-hydrogen) atoms. The molecule has 5 heteroatoms. The molecule has 0 saturated heterocycles. The van der Waals surface area contributed by atoms with Crippen LogP contribution in [0.1, 0.15) is 37.4 Å². The van der Waals surface area contributed by atoms with E-state index in [9.17, 15) is 9.59 Å². The molecule has 0 aliphatic rings. The van der Waals surface area contributed by atoms with Crippen molar-refractivity contribution in [2.24, 2.45) is 0 Å². The number of hydrogen-bond donors (Lipinski definition) is 2. The summed E-state index contributed by atoms with van der Waals surface area (Å²) >= 11 is 0.989. The molecule has 0 spiro atoms. The van der Waals surface area contributed by atoms with Crippen LogP contribution >= 0.6 is 11.3 Å². The second-order valence-corrected chi connectivity index (χ2v) is 5.73. The Balaban J connectivity index is 1.84. The fourth-order valence-corrected chi connectivity index (χ4v) is 2.69. The molecular weight excluding hydrogens is 286 g/mol. The number of amides is 1. The van der Waals surface area contributed by atoms with Crippen LogP contribution in [0.2, 0.25) is 0 Å². The number of carboxylic acid groups (broad SMARTS) is 1. The highest BCUT2D eigenvalue weighted by Gasteiger charge is 2.12. The van der Waals surface area contributed by atoms with Crippen LogP contribution in [-0.2, 0) is 12.8 Å². The number of hydrogen-bond acceptors (Lipinski definition) is 3. The standard InChI is InChI=1S/C16H17NO3S/c1-2-11-3-5-12(6-4-11)9-10-17-15(18)13-7-8-14(21-13)16(19)20/h3-8H,2,9-10H2,1H3,(H,17,18)(H,19,20). The smallest absolute Gasteiger partial charge is 0.345 e. The minimum atomic E-state index is -1.00. The van der Waals surface area contributed by atoms with Gasteiger partial charge in [0.05, 0.1) is 4.88 Å². The summed E-state index contributed by atoms with van der Waals surface area (Å²) in [4.78, 5) is 23.2. The van der Waals surface area contributed by atoms with Gasteiger partial charge in [-0.1, -0.05) is 31.2 Å². The molecule has 0 atom stereocenters. The Kier molecular flexibility index (Phi) is 5.11. The molecule has 110 valence electrons. The minimum Gasteiger partial charge on any atom is -0.477 e. The summed E-state index contributed by atoms with van der Waals surface area (Å²) in [5, 5.41) is 11.6. The lowest BCUT2D eigenvalue weighted by molar-refractivity contribution is 0.0702. The number of carbonyl (C=O) groups excluding carboxylic acids is 1. The molecule has 4 nitrogen and oxygen atoms in total. The van der Waals surface area contributed by atoms with Crippen LogP contribution in [0.25, 0.3) is 0 Å². The van der Waals surface area contributed by atoms with Gasteiger partial charge in [-0.3, -0.25) is 4.79 Å². The van der Waals surface area contributed by atoms with Gasteiger partial charge in [0.1, 0.15) is 4.88 Å². The van der Waals surface area contributed by atoms with Crippen molar-refractivity contribution < 1.29 is 14.7 Å². The van der Waals surface area contributed by atoms with Crippen LogP contribution < -0.4 is 5.32 Å². The molecule has 0 fully saturated rings. The zero-order valence-electron chi connectivity index (χ0n) is 11.8. The molecule has 0 unspecified atom stereocenters. The average molecular weight is 303 g/mol. The molecule has 0 bridgehead atoms. The summed E-state index contributed by atoms with van der Waals surface area (Å²) in [7, 11) is 0. The predicted octanol–water partition coefficient (Wildman–Crippen LogP) is 2.98. The zero-order valence-corrected chi connectivity index (χ0v) is 12.6. The van der Waals surface area contributed by atoms with E-state index in [1.165, 1.54) is 17.2 Å². The van der Waals surface area contributed by atoms with Gasteiger partial charge in [-0.15, -0.1) is 11.3 Å². The fraction of sp³-hybridized carbons (Fsp3) is 0.250. The van der Waals surface area contributed by atoms with Gasteiger partial charge in [0.2, 0.25) is 0 Å². The Labute approximate surface area is 127 Å². The average Bonchev–Trinajstić information content (AvgIpc) is 2.98. The Morgan fingerprint density at radius 1 is 1.05 bits per heavy atom. The van der Waals surface area contributed by atoms with E-state index in [1.54, 1.807) is 6.07 Å². The van der Waals surface area contributed by atoms with Crippen molar-refractivity contribution in [3.8, 4) is 0 Å². The number of aromatic carboxylic acids is 1. The lowest BCUT2D eigenvalue weighted by Crippen LogP contribution is -2.24. The van der Waals surface area contributed by atoms with Gasteiger partial charge >= 0.3 is 5.97 Å². The van der Waals surface area contributed by atoms with Crippen molar-refractivity contribution in [2.75, 3.05) is 6.54 Å². The molecule has 2 aromatic rings. The van der Waals surface area contributed by atoms with Crippen molar-refractivity contribution in [3.63, 3.8) is 0 Å². The molecule has 2 rings (SSSR count). The van der Waals surface area contributed by atoms with Gasteiger partial charge in [0.25, 0.3) is 5.91 Å². The largest absolute Gasteiger partial charge is 0.477 e. The number of carbonyl (C=O) groups is 2. The van der Waals surface area contributed by atoms with Crippen LogP contribution in [0, 0.1) is 0 Å². The van der Waals surface area contributed by atoms with Crippen molar-refractivity contribution in [1.29, 1.82) is 0 Å². The van der Waals surface area contributed by atoms with Crippen molar-refractivity contribution >= 4 is 23.2 Å². The number of aryl methyl sites for hydroxylation is 1. The van der Waals surface area contributed by atoms with Crippen LogP contribution in [0.3, 0.4) is 0 Å². The van der Waals surface area contributed by atoms with Gasteiger partial charge in [-0.05, 0) is 36.1 Å². The number of benzene rings is 1. The summed E-state index contributed by atoms with van der Waals surface area (Å²) < 4.78 is 0. The maximum absolute atomic E-state index is 11.9. The Morgan fingerprint density at radius 3 is 2.24 bits per heavy atom. The van der Waals surface area contributed by atoms with E-state index in [2.05, 4.69) is 36.5 Å². The van der Waals surface area contributed by atoms with Crippen molar-refractivity contribution in [3.05, 3.63) is 57.3 Å². The molecule has 0 aliphatic heterocycles. The minimum absolute atomic E-state index is 0.176. The zero-order chi connectivity index (χ0) is 15.2. The van der Waals surface area contributed by atoms with E-state index in [1.807, 2.05) is 0 Å². The molecule has 1 amide bonds. The first-order chi connectivity index (χ1) is 10.1. The second kappa shape index (κ2) is 7.04. The van der Waals surface area contributed by atoms with Crippen LogP contribution in [0.4, 0.5) is 0 Å².